The minimum absolute atomic E-state index is 0.0149. The molecule has 140 valence electrons. The Labute approximate surface area is 171 Å². The number of ether oxygens (including phenoxy) is 1. The number of benzene rings is 2. The third-order valence-corrected chi connectivity index (χ3v) is 4.56. The van der Waals surface area contributed by atoms with Crippen molar-refractivity contribution in [3.05, 3.63) is 69.7 Å². The first-order valence-electron chi connectivity index (χ1n) is 7.88. The summed E-state index contributed by atoms with van der Waals surface area (Å²) in [5.74, 6) is -0.0601. The summed E-state index contributed by atoms with van der Waals surface area (Å²) in [5, 5.41) is 2.43. The Morgan fingerprint density at radius 3 is 2.44 bits per heavy atom. The maximum atomic E-state index is 12.1. The molecule has 2 amide bonds. The second-order valence-electron chi connectivity index (χ2n) is 5.47. The number of nitrogens with one attached hydrogen (secondary N) is 3. The number of halogens is 1. The molecule has 27 heavy (non-hydrogen) atoms. The van der Waals surface area contributed by atoms with Crippen molar-refractivity contribution >= 4 is 51.2 Å². The van der Waals surface area contributed by atoms with Crippen molar-refractivity contribution in [2.45, 2.75) is 6.92 Å². The van der Waals surface area contributed by atoms with E-state index in [2.05, 4.69) is 32.1 Å². The molecule has 0 atom stereocenters. The molecule has 0 aromatic heterocycles. The Balaban J connectivity index is 1.81. The molecule has 3 N–H and O–H groups in total. The Hall–Kier alpha value is -2.71. The average molecular weight is 448 g/mol. The number of hydrogen-bond donors (Lipinski definition) is 3. The number of carbonyl (C=O) groups is 2. The highest BCUT2D eigenvalue weighted by molar-refractivity contribution is 9.10. The second kappa shape index (κ2) is 9.84. The molecule has 6 nitrogen and oxygen atoms in total. The van der Waals surface area contributed by atoms with E-state index in [-0.39, 0.29) is 11.0 Å². The topological polar surface area (TPSA) is 79.5 Å². The van der Waals surface area contributed by atoms with Gasteiger partial charge in [-0.15, -0.1) is 0 Å². The van der Waals surface area contributed by atoms with Crippen LogP contribution in [0.1, 0.15) is 21.5 Å². The van der Waals surface area contributed by atoms with Crippen molar-refractivity contribution < 1.29 is 14.3 Å². The van der Waals surface area contributed by atoms with Gasteiger partial charge in [-0.25, -0.2) is 0 Å². The number of carbonyl (C=O) groups excluding carboxylic acids is 2. The number of methoxy groups -OCH3 is 1. The van der Waals surface area contributed by atoms with Crippen LogP contribution in [-0.4, -0.2) is 24.0 Å². The Kier molecular flexibility index (Phi) is 7.51. The molecule has 0 radical (unpaired) electrons. The van der Waals surface area contributed by atoms with Gasteiger partial charge in [-0.2, -0.15) is 0 Å². The number of hydrogen-bond acceptors (Lipinski definition) is 4. The van der Waals surface area contributed by atoms with Gasteiger partial charge in [0.2, 0.25) is 5.91 Å². The molecular formula is C19H18BrN3O3S. The summed E-state index contributed by atoms with van der Waals surface area (Å²) in [4.78, 5) is 23.9. The molecule has 2 rings (SSSR count). The van der Waals surface area contributed by atoms with E-state index in [1.807, 2.05) is 25.1 Å². The van der Waals surface area contributed by atoms with Crippen LogP contribution < -0.4 is 20.9 Å². The number of aryl methyl sites for hydroxylation is 1. The molecular weight excluding hydrogens is 430 g/mol. The van der Waals surface area contributed by atoms with Crippen LogP contribution in [0, 0.1) is 6.92 Å². The smallest absolute Gasteiger partial charge is 0.269 e. The maximum Gasteiger partial charge on any atom is 0.269 e. The zero-order chi connectivity index (χ0) is 19.8. The Morgan fingerprint density at radius 2 is 1.81 bits per heavy atom. The lowest BCUT2D eigenvalue weighted by Crippen LogP contribution is -2.48. The van der Waals surface area contributed by atoms with Crippen LogP contribution >= 0.6 is 28.1 Å². The Morgan fingerprint density at radius 1 is 1.11 bits per heavy atom. The van der Waals surface area contributed by atoms with Gasteiger partial charge >= 0.3 is 0 Å². The molecule has 0 aliphatic heterocycles. The fourth-order valence-electron chi connectivity index (χ4n) is 1.99. The number of thiocarbonyl (C=S) groups is 1. The maximum absolute atomic E-state index is 12.1. The summed E-state index contributed by atoms with van der Waals surface area (Å²) in [7, 11) is 1.59. The van der Waals surface area contributed by atoms with Gasteiger partial charge in [-0.05, 0) is 60.6 Å². The fraction of sp³-hybridized carbons (Fsp3) is 0.105. The zero-order valence-electron chi connectivity index (χ0n) is 14.7. The van der Waals surface area contributed by atoms with Crippen LogP contribution in [0.25, 0.3) is 6.08 Å². The second-order valence-corrected chi connectivity index (χ2v) is 6.73. The van der Waals surface area contributed by atoms with Gasteiger partial charge in [0.15, 0.2) is 5.11 Å². The lowest BCUT2D eigenvalue weighted by molar-refractivity contribution is -0.115. The van der Waals surface area contributed by atoms with Crippen molar-refractivity contribution in [3.8, 4) is 5.75 Å². The predicted molar refractivity (Wildman–Crippen MR) is 112 cm³/mol. The van der Waals surface area contributed by atoms with E-state index in [1.165, 1.54) is 6.08 Å². The highest BCUT2D eigenvalue weighted by Gasteiger charge is 2.08. The largest absolute Gasteiger partial charge is 0.497 e. The van der Waals surface area contributed by atoms with Crippen molar-refractivity contribution in [2.75, 3.05) is 7.11 Å². The minimum Gasteiger partial charge on any atom is -0.497 e. The highest BCUT2D eigenvalue weighted by atomic mass is 79.9. The molecule has 0 heterocycles. The fourth-order valence-corrected chi connectivity index (χ4v) is 2.52. The van der Waals surface area contributed by atoms with Gasteiger partial charge in [0.1, 0.15) is 5.75 Å². The molecule has 0 aliphatic carbocycles. The van der Waals surface area contributed by atoms with Crippen molar-refractivity contribution in [1.82, 2.24) is 16.2 Å². The molecule has 0 fully saturated rings. The van der Waals surface area contributed by atoms with Gasteiger partial charge in [-0.1, -0.05) is 34.1 Å². The van der Waals surface area contributed by atoms with E-state index in [4.69, 9.17) is 17.0 Å². The molecule has 0 unspecified atom stereocenters. The number of hydrazine groups is 1. The molecule has 2 aromatic carbocycles. The summed E-state index contributed by atoms with van der Waals surface area (Å²) in [5.41, 5.74) is 7.23. The average Bonchev–Trinajstić information content (AvgIpc) is 2.67. The minimum atomic E-state index is -0.421. The molecule has 0 saturated carbocycles. The van der Waals surface area contributed by atoms with Crippen molar-refractivity contribution in [1.29, 1.82) is 0 Å². The number of rotatable bonds is 4. The third kappa shape index (κ3) is 6.50. The normalized spacial score (nSPS) is 10.3. The van der Waals surface area contributed by atoms with E-state index in [0.717, 1.165) is 21.3 Å². The Bertz CT molecular complexity index is 882. The summed E-state index contributed by atoms with van der Waals surface area (Å²) in [6.07, 6.45) is 2.98. The summed E-state index contributed by atoms with van der Waals surface area (Å²) < 4.78 is 5.90. The molecule has 0 saturated heterocycles. The number of amides is 2. The van der Waals surface area contributed by atoms with Gasteiger partial charge in [-0.3, -0.25) is 25.8 Å². The first-order chi connectivity index (χ1) is 12.9. The lowest BCUT2D eigenvalue weighted by atomic mass is 10.1. The highest BCUT2D eigenvalue weighted by Crippen LogP contribution is 2.17. The van der Waals surface area contributed by atoms with Gasteiger partial charge in [0, 0.05) is 16.1 Å². The third-order valence-electron chi connectivity index (χ3n) is 3.50. The molecule has 0 aliphatic rings. The van der Waals surface area contributed by atoms with Gasteiger partial charge in [0.25, 0.3) is 5.91 Å². The van der Waals surface area contributed by atoms with Crippen LogP contribution in [0.5, 0.6) is 5.75 Å². The van der Waals surface area contributed by atoms with E-state index in [1.54, 1.807) is 37.5 Å². The standard InChI is InChI=1S/C19H18BrN3O3S/c1-12-3-7-14(11-16(12)20)18(25)22-23-19(27)21-17(24)10-6-13-4-8-15(26-2)9-5-13/h3-11H,1-2H3,(H,22,25)(H2,21,23,24,27). The van der Waals surface area contributed by atoms with Crippen LogP contribution in [0.4, 0.5) is 0 Å². The van der Waals surface area contributed by atoms with Crippen LogP contribution in [0.2, 0.25) is 0 Å². The van der Waals surface area contributed by atoms with Crippen LogP contribution in [0.3, 0.4) is 0 Å². The SMILES string of the molecule is COc1ccc(C=CC(=O)NC(=S)NNC(=O)c2ccc(C)c(Br)c2)cc1. The summed E-state index contributed by atoms with van der Waals surface area (Å²) in [6.45, 7) is 1.92. The quantitative estimate of drug-likeness (QED) is 0.381. The molecule has 2 aromatic rings. The van der Waals surface area contributed by atoms with Crippen LogP contribution in [-0.2, 0) is 4.79 Å². The molecule has 8 heteroatoms. The lowest BCUT2D eigenvalue weighted by Gasteiger charge is -2.10. The van der Waals surface area contributed by atoms with Gasteiger partial charge in [0.05, 0.1) is 7.11 Å². The van der Waals surface area contributed by atoms with Crippen molar-refractivity contribution in [3.63, 3.8) is 0 Å². The van der Waals surface area contributed by atoms with E-state index >= 15 is 0 Å². The first-order valence-corrected chi connectivity index (χ1v) is 9.09. The summed E-state index contributed by atoms with van der Waals surface area (Å²) in [6, 6.07) is 12.4. The predicted octanol–water partition coefficient (Wildman–Crippen LogP) is 3.12. The monoisotopic (exact) mass is 447 g/mol. The van der Waals surface area contributed by atoms with E-state index < -0.39 is 5.91 Å². The first kappa shape index (κ1) is 20.6. The van der Waals surface area contributed by atoms with Crippen LogP contribution in [0.15, 0.2) is 53.0 Å². The van der Waals surface area contributed by atoms with E-state index in [0.29, 0.717) is 5.56 Å². The summed E-state index contributed by atoms with van der Waals surface area (Å²) >= 11 is 8.37. The molecule has 0 spiro atoms. The van der Waals surface area contributed by atoms with Gasteiger partial charge < -0.3 is 4.74 Å². The molecule has 0 bridgehead atoms. The van der Waals surface area contributed by atoms with E-state index in [9.17, 15) is 9.59 Å². The zero-order valence-corrected chi connectivity index (χ0v) is 17.1. The van der Waals surface area contributed by atoms with Crippen molar-refractivity contribution in [2.24, 2.45) is 0 Å².